The van der Waals surface area contributed by atoms with Gasteiger partial charge in [-0.1, -0.05) is 0 Å². The molecule has 0 bridgehead atoms. The van der Waals surface area contributed by atoms with E-state index < -0.39 is 0 Å². The van der Waals surface area contributed by atoms with E-state index >= 15 is 0 Å². The van der Waals surface area contributed by atoms with Crippen molar-refractivity contribution in [3.05, 3.63) is 28.5 Å². The summed E-state index contributed by atoms with van der Waals surface area (Å²) in [6.45, 7) is 1.88. The Morgan fingerprint density at radius 3 is 2.64 bits per heavy atom. The molecule has 2 aromatic heterocycles. The van der Waals surface area contributed by atoms with Crippen LogP contribution < -0.4 is 5.73 Å². The number of nitrogens with two attached hydrogens (primary N) is 1. The van der Waals surface area contributed by atoms with Crippen LogP contribution in [0.15, 0.2) is 22.8 Å². The molecule has 0 saturated carbocycles. The first-order chi connectivity index (χ1) is 6.66. The van der Waals surface area contributed by atoms with Crippen molar-refractivity contribution in [1.29, 1.82) is 0 Å². The molecule has 0 spiro atoms. The number of nitrogen functional groups attached to an aromatic ring is 1. The summed E-state index contributed by atoms with van der Waals surface area (Å²) in [5.74, 6) is 1.08. The molecule has 14 heavy (non-hydrogen) atoms. The van der Waals surface area contributed by atoms with Crippen LogP contribution in [0.1, 0.15) is 5.69 Å². The fourth-order valence-electron chi connectivity index (χ4n) is 0.998. The van der Waals surface area contributed by atoms with Gasteiger partial charge < -0.3 is 5.73 Å². The van der Waals surface area contributed by atoms with Crippen molar-refractivity contribution in [3.8, 4) is 5.82 Å². The Balaban J connectivity index is 2.44. The van der Waals surface area contributed by atoms with Crippen molar-refractivity contribution in [2.45, 2.75) is 6.92 Å². The lowest BCUT2D eigenvalue weighted by atomic mass is 10.4. The van der Waals surface area contributed by atoms with Gasteiger partial charge in [0.05, 0.1) is 10.2 Å². The van der Waals surface area contributed by atoms with Gasteiger partial charge in [0.25, 0.3) is 0 Å². The van der Waals surface area contributed by atoms with Gasteiger partial charge in [-0.05, 0) is 35.0 Å². The normalized spacial score (nSPS) is 10.4. The van der Waals surface area contributed by atoms with Crippen LogP contribution in [0, 0.1) is 6.92 Å². The fourth-order valence-corrected chi connectivity index (χ4v) is 1.27. The third-order valence-corrected chi connectivity index (χ3v) is 2.33. The number of aryl methyl sites for hydroxylation is 1. The quantitative estimate of drug-likeness (QED) is 0.833. The number of halogens is 1. The average molecular weight is 254 g/mol. The minimum Gasteiger partial charge on any atom is -0.381 e. The average Bonchev–Trinajstić information content (AvgIpc) is 2.48. The van der Waals surface area contributed by atoms with Gasteiger partial charge in [0.1, 0.15) is 0 Å². The summed E-state index contributed by atoms with van der Waals surface area (Å²) in [6.07, 6.45) is 1.74. The Labute approximate surface area is 89.1 Å². The molecule has 6 heteroatoms. The van der Waals surface area contributed by atoms with E-state index in [9.17, 15) is 0 Å². The zero-order valence-corrected chi connectivity index (χ0v) is 9.06. The highest BCUT2D eigenvalue weighted by Crippen LogP contribution is 2.18. The van der Waals surface area contributed by atoms with Crippen LogP contribution in [0.3, 0.4) is 0 Å². The summed E-state index contributed by atoms with van der Waals surface area (Å²) in [4.78, 5) is 0. The molecular weight excluding hydrogens is 246 g/mol. The largest absolute Gasteiger partial charge is 0.381 e. The van der Waals surface area contributed by atoms with Gasteiger partial charge in [-0.2, -0.15) is 5.10 Å². The van der Waals surface area contributed by atoms with Gasteiger partial charge in [0.15, 0.2) is 11.6 Å². The zero-order valence-electron chi connectivity index (χ0n) is 7.48. The van der Waals surface area contributed by atoms with Crippen LogP contribution in [0.2, 0.25) is 0 Å². The summed E-state index contributed by atoms with van der Waals surface area (Å²) in [5, 5.41) is 12.0. The summed E-state index contributed by atoms with van der Waals surface area (Å²) >= 11 is 3.27. The highest BCUT2D eigenvalue weighted by molar-refractivity contribution is 9.10. The molecule has 0 fully saturated rings. The van der Waals surface area contributed by atoms with Crippen LogP contribution in [0.5, 0.6) is 0 Å². The van der Waals surface area contributed by atoms with E-state index in [0.717, 1.165) is 10.2 Å². The molecule has 2 N–H and O–H groups in total. The molecule has 2 heterocycles. The smallest absolute Gasteiger partial charge is 0.175 e. The van der Waals surface area contributed by atoms with Gasteiger partial charge in [0, 0.05) is 6.20 Å². The van der Waals surface area contributed by atoms with Crippen molar-refractivity contribution >= 4 is 21.7 Å². The lowest BCUT2D eigenvalue weighted by molar-refractivity contribution is 0.809. The van der Waals surface area contributed by atoms with E-state index in [1.165, 1.54) is 0 Å². The number of anilines is 1. The second-order valence-electron chi connectivity index (χ2n) is 2.84. The third kappa shape index (κ3) is 1.60. The lowest BCUT2D eigenvalue weighted by Crippen LogP contribution is -2.00. The first kappa shape index (κ1) is 9.14. The molecule has 72 valence electrons. The second kappa shape index (κ2) is 3.38. The van der Waals surface area contributed by atoms with Gasteiger partial charge >= 0.3 is 0 Å². The Bertz CT molecular complexity index is 428. The monoisotopic (exact) mass is 253 g/mol. The van der Waals surface area contributed by atoms with Gasteiger partial charge in [-0.3, -0.25) is 0 Å². The van der Waals surface area contributed by atoms with Crippen LogP contribution in [0.4, 0.5) is 5.82 Å². The Morgan fingerprint density at radius 1 is 1.36 bits per heavy atom. The van der Waals surface area contributed by atoms with E-state index in [-0.39, 0.29) is 0 Å². The molecule has 0 unspecified atom stereocenters. The van der Waals surface area contributed by atoms with Crippen molar-refractivity contribution in [3.63, 3.8) is 0 Å². The summed E-state index contributed by atoms with van der Waals surface area (Å²) < 4.78 is 2.33. The topological polar surface area (TPSA) is 69.6 Å². The molecule has 0 amide bonds. The Hall–Kier alpha value is -1.43. The fraction of sp³-hybridized carbons (Fsp3) is 0.125. The van der Waals surface area contributed by atoms with Crippen LogP contribution in [-0.2, 0) is 0 Å². The zero-order chi connectivity index (χ0) is 10.1. The predicted octanol–water partition coefficient (Wildman–Crippen LogP) is 1.32. The molecule has 0 aromatic carbocycles. The number of hydrogen-bond acceptors (Lipinski definition) is 4. The van der Waals surface area contributed by atoms with Crippen LogP contribution in [-0.4, -0.2) is 20.0 Å². The minimum absolute atomic E-state index is 0.437. The second-order valence-corrected chi connectivity index (χ2v) is 3.69. The van der Waals surface area contributed by atoms with Crippen molar-refractivity contribution in [2.24, 2.45) is 0 Å². The maximum atomic E-state index is 5.58. The van der Waals surface area contributed by atoms with Crippen LogP contribution >= 0.6 is 15.9 Å². The maximum absolute atomic E-state index is 5.58. The number of nitrogens with zero attached hydrogens (tertiary/aromatic N) is 4. The molecule has 0 aliphatic carbocycles. The molecule has 0 radical (unpaired) electrons. The summed E-state index contributed by atoms with van der Waals surface area (Å²) in [5.41, 5.74) is 6.45. The number of hydrogen-bond donors (Lipinski definition) is 1. The molecule has 2 aromatic rings. The molecule has 5 nitrogen and oxygen atoms in total. The van der Waals surface area contributed by atoms with E-state index in [1.807, 2.05) is 19.1 Å². The van der Waals surface area contributed by atoms with E-state index in [1.54, 1.807) is 10.9 Å². The first-order valence-electron chi connectivity index (χ1n) is 3.98. The summed E-state index contributed by atoms with van der Waals surface area (Å²) in [7, 11) is 0. The molecule has 0 aliphatic rings. The van der Waals surface area contributed by atoms with Gasteiger partial charge in [-0.25, -0.2) is 4.68 Å². The van der Waals surface area contributed by atoms with Gasteiger partial charge in [0.2, 0.25) is 0 Å². The Morgan fingerprint density at radius 2 is 2.14 bits per heavy atom. The first-order valence-corrected chi connectivity index (χ1v) is 4.77. The summed E-state index contributed by atoms with van der Waals surface area (Å²) in [6, 6.07) is 3.70. The van der Waals surface area contributed by atoms with Gasteiger partial charge in [-0.15, -0.1) is 10.2 Å². The third-order valence-electron chi connectivity index (χ3n) is 1.71. The maximum Gasteiger partial charge on any atom is 0.175 e. The van der Waals surface area contributed by atoms with E-state index in [0.29, 0.717) is 11.6 Å². The molecule has 0 atom stereocenters. The highest BCUT2D eigenvalue weighted by Gasteiger charge is 2.04. The number of rotatable bonds is 1. The van der Waals surface area contributed by atoms with Crippen molar-refractivity contribution in [1.82, 2.24) is 20.0 Å². The SMILES string of the molecule is Cc1ccc(-n2cc(Br)c(N)n2)nn1. The van der Waals surface area contributed by atoms with Crippen LogP contribution in [0.25, 0.3) is 5.82 Å². The van der Waals surface area contributed by atoms with E-state index in [2.05, 4.69) is 31.2 Å². The lowest BCUT2D eigenvalue weighted by Gasteiger charge is -1.97. The van der Waals surface area contributed by atoms with Crippen molar-refractivity contribution in [2.75, 3.05) is 5.73 Å². The number of aromatic nitrogens is 4. The Kier molecular flexibility index (Phi) is 2.20. The molecule has 0 aliphatic heterocycles. The van der Waals surface area contributed by atoms with E-state index in [4.69, 9.17) is 5.73 Å². The molecular formula is C8H8BrN5. The molecule has 2 rings (SSSR count). The highest BCUT2D eigenvalue weighted by atomic mass is 79.9. The predicted molar refractivity (Wildman–Crippen MR) is 56.0 cm³/mol. The standard InChI is InChI=1S/C8H8BrN5/c1-5-2-3-7(12-11-5)14-4-6(9)8(10)13-14/h2-4H,1H3,(H2,10,13). The minimum atomic E-state index is 0.437. The molecule has 0 saturated heterocycles. The van der Waals surface area contributed by atoms with Crippen molar-refractivity contribution < 1.29 is 0 Å².